The lowest BCUT2D eigenvalue weighted by atomic mass is 10.2. The number of nitrogens with zero attached hydrogens (tertiary/aromatic N) is 3. The molecular weight excluding hydrogens is 156 g/mol. The van der Waals surface area contributed by atoms with E-state index in [4.69, 9.17) is 22.0 Å². The van der Waals surface area contributed by atoms with Crippen LogP contribution in [-0.2, 0) is 0 Å². The molecule has 0 aliphatic carbocycles. The van der Waals surface area contributed by atoms with Gasteiger partial charge in [0.1, 0.15) is 12.1 Å². The van der Waals surface area contributed by atoms with Crippen molar-refractivity contribution in [1.29, 1.82) is 10.5 Å². The molecule has 12 heavy (non-hydrogen) atoms. The zero-order chi connectivity index (χ0) is 9.19. The molecule has 5 N–H and O–H groups in total. The average molecular weight is 162 g/mol. The van der Waals surface area contributed by atoms with Gasteiger partial charge in [0.15, 0.2) is 11.5 Å². The fourth-order valence-corrected chi connectivity index (χ4v) is 0.681. The molecule has 1 aliphatic rings. The van der Waals surface area contributed by atoms with Crippen LogP contribution in [0.25, 0.3) is 0 Å². The van der Waals surface area contributed by atoms with E-state index in [1.54, 1.807) is 12.1 Å². The van der Waals surface area contributed by atoms with Gasteiger partial charge in [-0.2, -0.15) is 10.5 Å². The first-order valence-electron chi connectivity index (χ1n) is 3.05. The zero-order valence-electron chi connectivity index (χ0n) is 6.07. The van der Waals surface area contributed by atoms with E-state index in [2.05, 4.69) is 10.3 Å². The van der Waals surface area contributed by atoms with Crippen molar-refractivity contribution in [3.8, 4) is 12.1 Å². The first-order valence-corrected chi connectivity index (χ1v) is 3.05. The van der Waals surface area contributed by atoms with Gasteiger partial charge in [-0.15, -0.1) is 0 Å². The fourth-order valence-electron chi connectivity index (χ4n) is 0.681. The Bertz CT molecular complexity index is 340. The minimum atomic E-state index is -1.42. The quantitative estimate of drug-likeness (QED) is 0.399. The number of hydrogen-bond acceptors (Lipinski definition) is 6. The molecule has 1 aliphatic heterocycles. The largest absolute Gasteiger partial charge is 0.381 e. The average Bonchev–Trinajstić information content (AvgIpc) is 2.10. The standard InChI is InChI=1S/C6H6N6/c7-1-4-5(9)11-3-6(10,2-8)12-4/h3,12H,9-10H2. The number of nitrogens with one attached hydrogen (secondary N) is 1. The molecule has 0 saturated heterocycles. The summed E-state index contributed by atoms with van der Waals surface area (Å²) in [5, 5.41) is 19.5. The summed E-state index contributed by atoms with van der Waals surface area (Å²) in [5.74, 6) is 0.0359. The summed E-state index contributed by atoms with van der Waals surface area (Å²) >= 11 is 0. The number of aliphatic imine (C=N–C) groups is 1. The molecule has 60 valence electrons. The Balaban J connectivity index is 3.02. The highest BCUT2D eigenvalue weighted by Gasteiger charge is 2.27. The van der Waals surface area contributed by atoms with Crippen LogP contribution >= 0.6 is 0 Å². The molecule has 0 amide bonds. The fraction of sp³-hybridized carbons (Fsp3) is 0.167. The first-order chi connectivity index (χ1) is 5.61. The summed E-state index contributed by atoms with van der Waals surface area (Å²) in [4.78, 5) is 3.61. The van der Waals surface area contributed by atoms with Gasteiger partial charge in [-0.3, -0.25) is 5.73 Å². The van der Waals surface area contributed by atoms with Crippen LogP contribution in [0, 0.1) is 22.7 Å². The van der Waals surface area contributed by atoms with Gasteiger partial charge in [-0.05, 0) is 0 Å². The Hall–Kier alpha value is -2.05. The van der Waals surface area contributed by atoms with Crippen LogP contribution in [0.4, 0.5) is 0 Å². The van der Waals surface area contributed by atoms with Crippen LogP contribution in [0.3, 0.4) is 0 Å². The van der Waals surface area contributed by atoms with E-state index in [1.165, 1.54) is 0 Å². The highest BCUT2D eigenvalue weighted by Crippen LogP contribution is 2.06. The molecule has 0 aromatic heterocycles. The van der Waals surface area contributed by atoms with Crippen LogP contribution in [0.5, 0.6) is 0 Å². The minimum Gasteiger partial charge on any atom is -0.381 e. The lowest BCUT2D eigenvalue weighted by Gasteiger charge is -2.22. The summed E-state index contributed by atoms with van der Waals surface area (Å²) in [6.45, 7) is 0. The molecule has 6 nitrogen and oxygen atoms in total. The molecule has 1 atom stereocenters. The number of hydrogen-bond donors (Lipinski definition) is 3. The Morgan fingerprint density at radius 2 is 2.25 bits per heavy atom. The van der Waals surface area contributed by atoms with E-state index in [0.717, 1.165) is 6.21 Å². The van der Waals surface area contributed by atoms with E-state index in [-0.39, 0.29) is 11.5 Å². The Morgan fingerprint density at radius 3 is 2.75 bits per heavy atom. The first kappa shape index (κ1) is 8.05. The third-order valence-electron chi connectivity index (χ3n) is 1.29. The van der Waals surface area contributed by atoms with Crippen molar-refractivity contribution in [1.82, 2.24) is 5.32 Å². The smallest absolute Gasteiger partial charge is 0.213 e. The molecule has 0 bridgehead atoms. The molecule has 6 heteroatoms. The van der Waals surface area contributed by atoms with Gasteiger partial charge >= 0.3 is 0 Å². The van der Waals surface area contributed by atoms with E-state index in [1.807, 2.05) is 0 Å². The second-order valence-corrected chi connectivity index (χ2v) is 2.24. The predicted octanol–water partition coefficient (Wildman–Crippen LogP) is -1.51. The zero-order valence-corrected chi connectivity index (χ0v) is 6.07. The minimum absolute atomic E-state index is 0.0153. The van der Waals surface area contributed by atoms with E-state index >= 15 is 0 Å². The van der Waals surface area contributed by atoms with Crippen LogP contribution in [0.15, 0.2) is 16.5 Å². The maximum Gasteiger partial charge on any atom is 0.213 e. The maximum atomic E-state index is 8.55. The van der Waals surface area contributed by atoms with Crippen molar-refractivity contribution in [2.24, 2.45) is 16.5 Å². The highest BCUT2D eigenvalue weighted by atomic mass is 15.2. The summed E-state index contributed by atoms with van der Waals surface area (Å²) < 4.78 is 0. The van der Waals surface area contributed by atoms with Crippen LogP contribution < -0.4 is 16.8 Å². The van der Waals surface area contributed by atoms with Gasteiger partial charge in [0.05, 0.1) is 6.21 Å². The Morgan fingerprint density at radius 1 is 1.58 bits per heavy atom. The molecule has 1 heterocycles. The van der Waals surface area contributed by atoms with Crippen molar-refractivity contribution >= 4 is 6.21 Å². The van der Waals surface area contributed by atoms with Gasteiger partial charge in [-0.1, -0.05) is 0 Å². The maximum absolute atomic E-state index is 8.55. The molecule has 0 fully saturated rings. The van der Waals surface area contributed by atoms with Crippen LogP contribution in [0.2, 0.25) is 0 Å². The number of nitrogens with two attached hydrogens (primary N) is 2. The Kier molecular flexibility index (Phi) is 1.70. The summed E-state index contributed by atoms with van der Waals surface area (Å²) in [5.41, 5.74) is 9.31. The molecule has 0 aromatic rings. The van der Waals surface area contributed by atoms with E-state index in [0.29, 0.717) is 0 Å². The van der Waals surface area contributed by atoms with Crippen LogP contribution in [-0.4, -0.2) is 11.9 Å². The van der Waals surface area contributed by atoms with E-state index in [9.17, 15) is 0 Å². The van der Waals surface area contributed by atoms with Crippen molar-refractivity contribution < 1.29 is 0 Å². The summed E-state index contributed by atoms with van der Waals surface area (Å²) in [6.07, 6.45) is 1.16. The van der Waals surface area contributed by atoms with Crippen molar-refractivity contribution in [3.63, 3.8) is 0 Å². The van der Waals surface area contributed by atoms with Crippen molar-refractivity contribution in [3.05, 3.63) is 11.5 Å². The third-order valence-corrected chi connectivity index (χ3v) is 1.29. The normalized spacial score (nSPS) is 27.2. The van der Waals surface area contributed by atoms with Gasteiger partial charge in [0.2, 0.25) is 5.66 Å². The van der Waals surface area contributed by atoms with Gasteiger partial charge in [0, 0.05) is 0 Å². The topological polar surface area (TPSA) is 124 Å². The molecule has 0 saturated carbocycles. The second-order valence-electron chi connectivity index (χ2n) is 2.24. The summed E-state index contributed by atoms with van der Waals surface area (Å²) in [6, 6.07) is 3.48. The number of rotatable bonds is 0. The van der Waals surface area contributed by atoms with Gasteiger partial charge < -0.3 is 11.1 Å². The van der Waals surface area contributed by atoms with E-state index < -0.39 is 5.66 Å². The van der Waals surface area contributed by atoms with Crippen molar-refractivity contribution in [2.45, 2.75) is 5.66 Å². The predicted molar refractivity (Wildman–Crippen MR) is 41.0 cm³/mol. The SMILES string of the molecule is N#CC1=C(N)N=CC(N)(C#N)N1. The van der Waals surface area contributed by atoms with Gasteiger partial charge in [-0.25, -0.2) is 4.99 Å². The number of nitriles is 2. The third kappa shape index (κ3) is 1.19. The summed E-state index contributed by atoms with van der Waals surface area (Å²) in [7, 11) is 0. The lowest BCUT2D eigenvalue weighted by molar-refractivity contribution is 0.615. The second kappa shape index (κ2) is 2.53. The van der Waals surface area contributed by atoms with Crippen molar-refractivity contribution in [2.75, 3.05) is 0 Å². The highest BCUT2D eigenvalue weighted by molar-refractivity contribution is 5.76. The van der Waals surface area contributed by atoms with Crippen LogP contribution in [0.1, 0.15) is 0 Å². The molecule has 0 spiro atoms. The van der Waals surface area contributed by atoms with Gasteiger partial charge in [0.25, 0.3) is 0 Å². The Labute approximate surface area is 68.8 Å². The molecule has 1 rings (SSSR count). The molecule has 0 radical (unpaired) electrons. The lowest BCUT2D eigenvalue weighted by Crippen LogP contribution is -2.55. The number of allylic oxidation sites excluding steroid dienone is 1. The molecular formula is C6H6N6. The molecule has 0 aromatic carbocycles. The molecule has 1 unspecified atom stereocenters. The monoisotopic (exact) mass is 162 g/mol.